The van der Waals surface area contributed by atoms with Crippen LogP contribution in [0.3, 0.4) is 0 Å². The van der Waals surface area contributed by atoms with E-state index in [1.54, 1.807) is 0 Å². The van der Waals surface area contributed by atoms with E-state index in [0.717, 1.165) is 23.7 Å². The highest BCUT2D eigenvalue weighted by atomic mass is 32.1. The molecule has 2 aromatic rings. The third-order valence-electron chi connectivity index (χ3n) is 3.06. The summed E-state index contributed by atoms with van der Waals surface area (Å²) in [4.78, 5) is 0.956. The topological polar surface area (TPSA) is 9.23 Å². The van der Waals surface area contributed by atoms with Gasteiger partial charge in [-0.2, -0.15) is 0 Å². The van der Waals surface area contributed by atoms with Gasteiger partial charge in [-0.05, 0) is 23.9 Å². The molecule has 96 valence electrons. The van der Waals surface area contributed by atoms with Gasteiger partial charge >= 0.3 is 0 Å². The smallest absolute Gasteiger partial charge is 0.128 e. The molecule has 2 heteroatoms. The minimum absolute atomic E-state index is 0.793. The quantitative estimate of drug-likeness (QED) is 0.562. The summed E-state index contributed by atoms with van der Waals surface area (Å²) in [5.74, 6) is 0.953. The first-order valence-corrected chi connectivity index (χ1v) is 7.10. The first-order valence-electron chi connectivity index (χ1n) is 6.66. The molecular weight excluding hydrogens is 240 g/mol. The van der Waals surface area contributed by atoms with Crippen LogP contribution in [0.25, 0.3) is 10.8 Å². The maximum absolute atomic E-state index is 5.90. The summed E-state index contributed by atoms with van der Waals surface area (Å²) in [6, 6.07) is 12.4. The summed E-state index contributed by atoms with van der Waals surface area (Å²) in [7, 11) is 0. The van der Waals surface area contributed by atoms with Crippen molar-refractivity contribution in [2.75, 3.05) is 6.61 Å². The number of benzene rings is 2. The molecule has 18 heavy (non-hydrogen) atoms. The summed E-state index contributed by atoms with van der Waals surface area (Å²) in [6.45, 7) is 3.01. The average Bonchev–Trinajstić information content (AvgIpc) is 2.38. The highest BCUT2D eigenvalue weighted by molar-refractivity contribution is 7.80. The van der Waals surface area contributed by atoms with Gasteiger partial charge in [-0.1, -0.05) is 50.5 Å². The summed E-state index contributed by atoms with van der Waals surface area (Å²) in [5, 5.41) is 2.36. The molecule has 0 N–H and O–H groups in total. The summed E-state index contributed by atoms with van der Waals surface area (Å²) >= 11 is 4.43. The first kappa shape index (κ1) is 13.3. The molecule has 0 saturated heterocycles. The highest BCUT2D eigenvalue weighted by Gasteiger charge is 2.03. The molecule has 0 heterocycles. The Hall–Kier alpha value is -1.15. The van der Waals surface area contributed by atoms with E-state index in [9.17, 15) is 0 Å². The van der Waals surface area contributed by atoms with E-state index in [1.165, 1.54) is 30.0 Å². The second-order valence-corrected chi connectivity index (χ2v) is 5.09. The molecule has 0 aliphatic heterocycles. The molecule has 0 aliphatic carbocycles. The van der Waals surface area contributed by atoms with E-state index >= 15 is 0 Å². The molecule has 0 unspecified atom stereocenters. The van der Waals surface area contributed by atoms with Crippen LogP contribution in [0.5, 0.6) is 5.75 Å². The predicted octanol–water partition coefficient (Wildman–Crippen LogP) is 5.09. The normalized spacial score (nSPS) is 10.8. The van der Waals surface area contributed by atoms with Crippen LogP contribution in [0.15, 0.2) is 41.3 Å². The zero-order valence-electron chi connectivity index (χ0n) is 10.9. The van der Waals surface area contributed by atoms with Crippen LogP contribution >= 0.6 is 12.6 Å². The highest BCUT2D eigenvalue weighted by Crippen LogP contribution is 2.29. The molecule has 0 radical (unpaired) electrons. The van der Waals surface area contributed by atoms with Gasteiger partial charge in [0, 0.05) is 10.3 Å². The van der Waals surface area contributed by atoms with E-state index in [-0.39, 0.29) is 0 Å². The van der Waals surface area contributed by atoms with Gasteiger partial charge in [0.05, 0.1) is 6.61 Å². The Bertz CT molecular complexity index is 507. The molecule has 2 rings (SSSR count). The monoisotopic (exact) mass is 260 g/mol. The Morgan fingerprint density at radius 3 is 2.72 bits per heavy atom. The van der Waals surface area contributed by atoms with E-state index in [4.69, 9.17) is 4.74 Å². The van der Waals surface area contributed by atoms with Crippen LogP contribution in [0.4, 0.5) is 0 Å². The van der Waals surface area contributed by atoms with Crippen molar-refractivity contribution < 1.29 is 4.74 Å². The molecule has 0 spiro atoms. The van der Waals surface area contributed by atoms with Gasteiger partial charge in [0.2, 0.25) is 0 Å². The van der Waals surface area contributed by atoms with Crippen LogP contribution < -0.4 is 4.74 Å². The molecule has 0 fully saturated rings. The van der Waals surface area contributed by atoms with Gasteiger partial charge in [-0.3, -0.25) is 0 Å². The lowest BCUT2D eigenvalue weighted by atomic mass is 10.1. The summed E-state index contributed by atoms with van der Waals surface area (Å²) in [6.07, 6.45) is 4.92. The van der Waals surface area contributed by atoms with Crippen LogP contribution in [0.1, 0.15) is 32.6 Å². The second-order valence-electron chi connectivity index (χ2n) is 4.57. The van der Waals surface area contributed by atoms with Gasteiger partial charge < -0.3 is 4.74 Å². The van der Waals surface area contributed by atoms with Crippen molar-refractivity contribution in [3.63, 3.8) is 0 Å². The summed E-state index contributed by atoms with van der Waals surface area (Å²) in [5.41, 5.74) is 0. The lowest BCUT2D eigenvalue weighted by Gasteiger charge is -2.10. The lowest BCUT2D eigenvalue weighted by Crippen LogP contribution is -1.98. The number of thiol groups is 1. The predicted molar refractivity (Wildman–Crippen MR) is 80.8 cm³/mol. The summed E-state index contributed by atoms with van der Waals surface area (Å²) < 4.78 is 5.90. The number of rotatable bonds is 6. The Morgan fingerprint density at radius 1 is 1.06 bits per heavy atom. The zero-order chi connectivity index (χ0) is 12.8. The van der Waals surface area contributed by atoms with Crippen molar-refractivity contribution in [1.82, 2.24) is 0 Å². The third-order valence-corrected chi connectivity index (χ3v) is 3.32. The van der Waals surface area contributed by atoms with E-state index < -0.39 is 0 Å². The fourth-order valence-electron chi connectivity index (χ4n) is 2.09. The largest absolute Gasteiger partial charge is 0.493 e. The maximum Gasteiger partial charge on any atom is 0.128 e. The molecule has 1 nitrogen and oxygen atoms in total. The third kappa shape index (κ3) is 3.42. The maximum atomic E-state index is 5.90. The van der Waals surface area contributed by atoms with Crippen molar-refractivity contribution >= 4 is 23.4 Å². The fraction of sp³-hybridized carbons (Fsp3) is 0.375. The number of hydrogen-bond acceptors (Lipinski definition) is 2. The molecule has 0 aromatic heterocycles. The molecular formula is C16H20OS. The van der Waals surface area contributed by atoms with E-state index in [1.807, 2.05) is 18.2 Å². The number of fused-ring (bicyclic) bond motifs is 1. The van der Waals surface area contributed by atoms with Crippen molar-refractivity contribution in [3.05, 3.63) is 36.4 Å². The van der Waals surface area contributed by atoms with Gasteiger partial charge in [0.1, 0.15) is 5.75 Å². The number of hydrogen-bond donors (Lipinski definition) is 1. The van der Waals surface area contributed by atoms with Crippen molar-refractivity contribution in [3.8, 4) is 5.75 Å². The Labute approximate surface area is 115 Å². The van der Waals surface area contributed by atoms with Crippen molar-refractivity contribution in [2.24, 2.45) is 0 Å². The van der Waals surface area contributed by atoms with Gasteiger partial charge in [0.15, 0.2) is 0 Å². The molecule has 0 atom stereocenters. The second kappa shape index (κ2) is 6.69. The van der Waals surface area contributed by atoms with Crippen LogP contribution in [0.2, 0.25) is 0 Å². The van der Waals surface area contributed by atoms with E-state index in [2.05, 4.69) is 37.8 Å². The lowest BCUT2D eigenvalue weighted by molar-refractivity contribution is 0.308. The van der Waals surface area contributed by atoms with Gasteiger partial charge in [0.25, 0.3) is 0 Å². The van der Waals surface area contributed by atoms with Crippen molar-refractivity contribution in [1.29, 1.82) is 0 Å². The average molecular weight is 260 g/mol. The van der Waals surface area contributed by atoms with Crippen LogP contribution in [-0.2, 0) is 0 Å². The van der Waals surface area contributed by atoms with E-state index in [0.29, 0.717) is 0 Å². The molecule has 0 bridgehead atoms. The SMILES string of the molecule is CCCCCCOc1cc(S)cc2ccccc12. The van der Waals surface area contributed by atoms with Crippen LogP contribution in [0, 0.1) is 0 Å². The molecule has 0 saturated carbocycles. The standard InChI is InChI=1S/C16H20OS/c1-2-3-4-7-10-17-16-12-14(18)11-13-8-5-6-9-15(13)16/h5-6,8-9,11-12,18H,2-4,7,10H2,1H3. The Morgan fingerprint density at radius 2 is 1.89 bits per heavy atom. The molecule has 2 aromatic carbocycles. The fourth-order valence-corrected chi connectivity index (χ4v) is 2.35. The zero-order valence-corrected chi connectivity index (χ0v) is 11.7. The minimum atomic E-state index is 0.793. The number of ether oxygens (including phenoxy) is 1. The van der Waals surface area contributed by atoms with Gasteiger partial charge in [-0.25, -0.2) is 0 Å². The molecule has 0 amide bonds. The van der Waals surface area contributed by atoms with Crippen LogP contribution in [-0.4, -0.2) is 6.61 Å². The Balaban J connectivity index is 2.07. The van der Waals surface area contributed by atoms with Gasteiger partial charge in [-0.15, -0.1) is 12.6 Å². The number of unbranched alkanes of at least 4 members (excludes halogenated alkanes) is 3. The Kier molecular flexibility index (Phi) is 4.94. The first-order chi connectivity index (χ1) is 8.81. The molecule has 0 aliphatic rings. The minimum Gasteiger partial charge on any atom is -0.493 e. The van der Waals surface area contributed by atoms with Crippen molar-refractivity contribution in [2.45, 2.75) is 37.5 Å².